The second-order valence-corrected chi connectivity index (χ2v) is 11.2. The lowest BCUT2D eigenvalue weighted by Crippen LogP contribution is -2.55. The fraction of sp³-hybridized carbons (Fsp3) is 0.414. The Morgan fingerprint density at radius 1 is 1.13 bits per heavy atom. The van der Waals surface area contributed by atoms with Crippen LogP contribution in [0.2, 0.25) is 0 Å². The molecule has 0 radical (unpaired) electrons. The number of imide groups is 1. The molecule has 0 bridgehead atoms. The number of hydrogen-bond donors (Lipinski definition) is 2. The minimum absolute atomic E-state index is 0.136. The number of rotatable bonds is 4. The highest BCUT2D eigenvalue weighted by molar-refractivity contribution is 6.01. The molecule has 2 aromatic carbocycles. The average molecular weight is 544 g/mol. The van der Waals surface area contributed by atoms with Gasteiger partial charge in [0.2, 0.25) is 11.8 Å². The van der Waals surface area contributed by atoms with E-state index in [-0.39, 0.29) is 29.7 Å². The van der Waals surface area contributed by atoms with Crippen LogP contribution in [-0.2, 0) is 27.9 Å². The van der Waals surface area contributed by atoms with E-state index < -0.39 is 40.4 Å². The molecule has 2 atom stereocenters. The summed E-state index contributed by atoms with van der Waals surface area (Å²) < 4.78 is 54.8. The molecule has 0 unspecified atom stereocenters. The maximum absolute atomic E-state index is 16.1. The number of aliphatic hydroxyl groups is 1. The maximum Gasteiger partial charge on any atom is 0.416 e. The molecule has 0 saturated carbocycles. The Hall–Kier alpha value is -3.37. The van der Waals surface area contributed by atoms with Crippen LogP contribution in [0.4, 0.5) is 17.6 Å². The lowest BCUT2D eigenvalue weighted by atomic mass is 9.66. The van der Waals surface area contributed by atoms with Crippen molar-refractivity contribution in [3.05, 3.63) is 76.7 Å². The van der Waals surface area contributed by atoms with Gasteiger partial charge in [0, 0.05) is 48.6 Å². The molecule has 5 rings (SSSR count). The van der Waals surface area contributed by atoms with Crippen molar-refractivity contribution < 1.29 is 32.3 Å². The first-order valence-corrected chi connectivity index (χ1v) is 12.8. The highest BCUT2D eigenvalue weighted by Gasteiger charge is 2.50. The Kier molecular flexibility index (Phi) is 6.75. The molecule has 0 spiro atoms. The molecule has 3 aromatic rings. The molecule has 2 aliphatic rings. The van der Waals surface area contributed by atoms with Crippen molar-refractivity contribution in [1.82, 2.24) is 15.2 Å². The first-order chi connectivity index (χ1) is 18.3. The Labute approximate surface area is 223 Å². The molecular formula is C29H29F4N3O3. The number of fused-ring (bicyclic) bond motifs is 1. The van der Waals surface area contributed by atoms with E-state index in [0.29, 0.717) is 42.7 Å². The molecular weight excluding hydrogens is 514 g/mol. The summed E-state index contributed by atoms with van der Waals surface area (Å²) in [5, 5.41) is 14.4. The van der Waals surface area contributed by atoms with Crippen molar-refractivity contribution in [2.24, 2.45) is 5.41 Å². The van der Waals surface area contributed by atoms with Crippen LogP contribution >= 0.6 is 0 Å². The van der Waals surface area contributed by atoms with E-state index in [1.54, 1.807) is 18.2 Å². The van der Waals surface area contributed by atoms with Crippen LogP contribution in [0.15, 0.2) is 48.7 Å². The van der Waals surface area contributed by atoms with Gasteiger partial charge in [0.1, 0.15) is 5.82 Å². The third-order valence-electron chi connectivity index (χ3n) is 8.12. The summed E-state index contributed by atoms with van der Waals surface area (Å²) in [5.74, 6) is -2.01. The third-order valence-corrected chi connectivity index (χ3v) is 8.12. The van der Waals surface area contributed by atoms with Gasteiger partial charge >= 0.3 is 6.18 Å². The molecule has 1 aromatic heterocycles. The molecule has 39 heavy (non-hydrogen) atoms. The number of amides is 2. The van der Waals surface area contributed by atoms with Crippen LogP contribution in [0.3, 0.4) is 0 Å². The van der Waals surface area contributed by atoms with Crippen LogP contribution < -0.4 is 5.32 Å². The molecule has 206 valence electrons. The minimum atomic E-state index is -4.40. The number of pyridine rings is 1. The fourth-order valence-electron chi connectivity index (χ4n) is 5.82. The SMILES string of the molecule is CC1(C)CN(Cc2ccc(C(F)(F)F)cc2)CC[C@@]1(O)c1ccc2ncc([C@H]3CCC(=O)NC3=O)cc2c1F. The van der Waals surface area contributed by atoms with Crippen LogP contribution in [-0.4, -0.2) is 39.9 Å². The van der Waals surface area contributed by atoms with Gasteiger partial charge in [0.05, 0.1) is 22.6 Å². The lowest BCUT2D eigenvalue weighted by molar-refractivity contribution is -0.138. The Bertz CT molecular complexity index is 1440. The van der Waals surface area contributed by atoms with Gasteiger partial charge < -0.3 is 5.11 Å². The van der Waals surface area contributed by atoms with Crippen molar-refractivity contribution in [1.29, 1.82) is 0 Å². The Morgan fingerprint density at radius 2 is 1.85 bits per heavy atom. The van der Waals surface area contributed by atoms with Gasteiger partial charge in [-0.15, -0.1) is 0 Å². The minimum Gasteiger partial charge on any atom is -0.384 e. The normalized spacial score (nSPS) is 24.1. The maximum atomic E-state index is 16.1. The van der Waals surface area contributed by atoms with Gasteiger partial charge in [-0.05, 0) is 48.2 Å². The van der Waals surface area contributed by atoms with Crippen LogP contribution in [0.25, 0.3) is 10.9 Å². The molecule has 6 nitrogen and oxygen atoms in total. The summed E-state index contributed by atoms with van der Waals surface area (Å²) in [6.45, 7) is 4.88. The predicted octanol–water partition coefficient (Wildman–Crippen LogP) is 5.03. The number of benzene rings is 2. The van der Waals surface area contributed by atoms with Crippen molar-refractivity contribution >= 4 is 22.7 Å². The molecule has 0 aliphatic carbocycles. The number of piperidine rings is 2. The van der Waals surface area contributed by atoms with E-state index in [9.17, 15) is 27.9 Å². The number of nitrogens with one attached hydrogen (secondary N) is 1. The summed E-state index contributed by atoms with van der Waals surface area (Å²) >= 11 is 0. The highest BCUT2D eigenvalue weighted by Crippen LogP contribution is 2.48. The van der Waals surface area contributed by atoms with E-state index >= 15 is 4.39 Å². The zero-order chi connectivity index (χ0) is 28.2. The number of halogens is 4. The summed E-state index contributed by atoms with van der Waals surface area (Å²) in [4.78, 5) is 30.3. The predicted molar refractivity (Wildman–Crippen MR) is 136 cm³/mol. The monoisotopic (exact) mass is 543 g/mol. The fourth-order valence-corrected chi connectivity index (χ4v) is 5.82. The van der Waals surface area contributed by atoms with Gasteiger partial charge in [0.25, 0.3) is 0 Å². The smallest absolute Gasteiger partial charge is 0.384 e. The summed E-state index contributed by atoms with van der Waals surface area (Å²) in [6.07, 6.45) is -2.17. The zero-order valence-corrected chi connectivity index (χ0v) is 21.6. The Balaban J connectivity index is 1.40. The molecule has 10 heteroatoms. The third kappa shape index (κ3) is 5.03. The van der Waals surface area contributed by atoms with Crippen LogP contribution in [0.1, 0.15) is 61.3 Å². The van der Waals surface area contributed by atoms with E-state index in [0.717, 1.165) is 12.1 Å². The number of carbonyl (C=O) groups is 2. The topological polar surface area (TPSA) is 82.5 Å². The molecule has 2 fully saturated rings. The van der Waals surface area contributed by atoms with Gasteiger partial charge in [-0.1, -0.05) is 32.0 Å². The van der Waals surface area contributed by atoms with Crippen molar-refractivity contribution in [2.45, 2.75) is 57.3 Å². The second-order valence-electron chi connectivity index (χ2n) is 11.2. The highest BCUT2D eigenvalue weighted by atomic mass is 19.4. The lowest BCUT2D eigenvalue weighted by Gasteiger charge is -2.50. The van der Waals surface area contributed by atoms with Crippen molar-refractivity contribution in [2.75, 3.05) is 13.1 Å². The molecule has 2 saturated heterocycles. The zero-order valence-electron chi connectivity index (χ0n) is 21.6. The van der Waals surface area contributed by atoms with Gasteiger partial charge in [-0.25, -0.2) is 4.39 Å². The summed E-state index contributed by atoms with van der Waals surface area (Å²) in [5.41, 5.74) is -1.30. The number of nitrogens with zero attached hydrogens (tertiary/aromatic N) is 2. The van der Waals surface area contributed by atoms with Crippen molar-refractivity contribution in [3.63, 3.8) is 0 Å². The van der Waals surface area contributed by atoms with Gasteiger partial charge in [0.15, 0.2) is 0 Å². The first-order valence-electron chi connectivity index (χ1n) is 12.8. The number of likely N-dealkylation sites (tertiary alicyclic amines) is 1. The summed E-state index contributed by atoms with van der Waals surface area (Å²) in [7, 11) is 0. The standard InChI is InChI=1S/C29H29F4N3O3/c1-27(2)16-36(15-17-3-5-19(6-4-17)29(31,32)33)12-11-28(27,39)22-8-9-23-21(25(22)30)13-18(14-34-23)20-7-10-24(37)35-26(20)38/h3-6,8-9,13-14,20,39H,7,10-12,15-16H2,1-2H3,(H,35,37,38)/t20-,28-/m1/s1. The van der Waals surface area contributed by atoms with E-state index in [1.165, 1.54) is 18.3 Å². The van der Waals surface area contributed by atoms with E-state index in [4.69, 9.17) is 0 Å². The van der Waals surface area contributed by atoms with Gasteiger partial charge in [-0.2, -0.15) is 13.2 Å². The van der Waals surface area contributed by atoms with E-state index in [1.807, 2.05) is 18.7 Å². The molecule has 2 aliphatic heterocycles. The number of alkyl halides is 3. The molecule has 2 N–H and O–H groups in total. The quantitative estimate of drug-likeness (QED) is 0.356. The average Bonchev–Trinajstić information content (AvgIpc) is 2.86. The van der Waals surface area contributed by atoms with Crippen LogP contribution in [0, 0.1) is 11.2 Å². The van der Waals surface area contributed by atoms with Crippen LogP contribution in [0.5, 0.6) is 0 Å². The number of carbonyl (C=O) groups excluding carboxylic acids is 2. The summed E-state index contributed by atoms with van der Waals surface area (Å²) in [6, 6.07) is 9.77. The first kappa shape index (κ1) is 27.2. The van der Waals surface area contributed by atoms with Gasteiger partial charge in [-0.3, -0.25) is 24.8 Å². The van der Waals surface area contributed by atoms with Crippen molar-refractivity contribution in [3.8, 4) is 0 Å². The Morgan fingerprint density at radius 3 is 2.49 bits per heavy atom. The largest absolute Gasteiger partial charge is 0.416 e. The molecule has 3 heterocycles. The second kappa shape index (κ2) is 9.67. The van der Waals surface area contributed by atoms with E-state index in [2.05, 4.69) is 10.3 Å². The molecule has 2 amide bonds. The number of aromatic nitrogens is 1. The number of hydrogen-bond acceptors (Lipinski definition) is 5.